The van der Waals surface area contributed by atoms with Gasteiger partial charge >= 0.3 is 5.97 Å². The van der Waals surface area contributed by atoms with Crippen LogP contribution in [0, 0.1) is 0 Å². The summed E-state index contributed by atoms with van der Waals surface area (Å²) in [5.41, 5.74) is 0.0353. The predicted octanol–water partition coefficient (Wildman–Crippen LogP) is 3.12. The van der Waals surface area contributed by atoms with Gasteiger partial charge in [0.05, 0.1) is 6.61 Å². The lowest BCUT2D eigenvalue weighted by Crippen LogP contribution is -2.49. The van der Waals surface area contributed by atoms with E-state index in [1.54, 1.807) is 6.07 Å². The van der Waals surface area contributed by atoms with Crippen molar-refractivity contribution >= 4 is 17.6 Å². The van der Waals surface area contributed by atoms with Crippen molar-refractivity contribution in [2.75, 3.05) is 13.2 Å². The van der Waals surface area contributed by atoms with Gasteiger partial charge in [0.1, 0.15) is 5.54 Å². The van der Waals surface area contributed by atoms with Gasteiger partial charge in [-0.1, -0.05) is 37.6 Å². The fourth-order valence-electron chi connectivity index (χ4n) is 2.08. The van der Waals surface area contributed by atoms with Gasteiger partial charge in [0, 0.05) is 5.02 Å². The number of nitrogens with one attached hydrogen (secondary N) is 1. The van der Waals surface area contributed by atoms with Crippen LogP contribution in [0.15, 0.2) is 24.3 Å². The number of hydrogen-bond donors (Lipinski definition) is 1. The SMILES string of the molecule is CCNC(CC)(C(=O)OCC)c1cccc(Cl)c1. The summed E-state index contributed by atoms with van der Waals surface area (Å²) in [5, 5.41) is 3.86. The van der Waals surface area contributed by atoms with Crippen molar-refractivity contribution in [1.29, 1.82) is 0 Å². The molecule has 0 aliphatic heterocycles. The molecule has 0 saturated heterocycles. The van der Waals surface area contributed by atoms with Crippen LogP contribution < -0.4 is 5.32 Å². The van der Waals surface area contributed by atoms with Crippen molar-refractivity contribution in [3.63, 3.8) is 0 Å². The number of rotatable bonds is 6. The zero-order valence-electron chi connectivity index (χ0n) is 11.1. The maximum Gasteiger partial charge on any atom is 0.330 e. The number of halogens is 1. The monoisotopic (exact) mass is 269 g/mol. The van der Waals surface area contributed by atoms with Crippen molar-refractivity contribution in [1.82, 2.24) is 5.32 Å². The third-order valence-electron chi connectivity index (χ3n) is 2.95. The number of carbonyl (C=O) groups is 1. The van der Waals surface area contributed by atoms with E-state index in [-0.39, 0.29) is 5.97 Å². The van der Waals surface area contributed by atoms with Crippen LogP contribution in [-0.2, 0) is 15.1 Å². The number of carbonyl (C=O) groups excluding carboxylic acids is 1. The van der Waals surface area contributed by atoms with Gasteiger partial charge in [-0.25, -0.2) is 4.79 Å². The minimum absolute atomic E-state index is 0.253. The molecule has 1 aromatic carbocycles. The summed E-state index contributed by atoms with van der Waals surface area (Å²) in [4.78, 5) is 12.3. The van der Waals surface area contributed by atoms with Gasteiger partial charge in [-0.2, -0.15) is 0 Å². The molecule has 0 aromatic heterocycles. The van der Waals surface area contributed by atoms with E-state index in [0.717, 1.165) is 5.56 Å². The van der Waals surface area contributed by atoms with Crippen LogP contribution in [0.25, 0.3) is 0 Å². The Kier molecular flexibility index (Phi) is 5.63. The minimum Gasteiger partial charge on any atom is -0.464 e. The summed E-state index contributed by atoms with van der Waals surface area (Å²) in [7, 11) is 0. The van der Waals surface area contributed by atoms with Crippen LogP contribution in [-0.4, -0.2) is 19.1 Å². The van der Waals surface area contributed by atoms with Crippen molar-refractivity contribution in [2.45, 2.75) is 32.7 Å². The van der Waals surface area contributed by atoms with E-state index in [1.165, 1.54) is 0 Å². The van der Waals surface area contributed by atoms with Crippen LogP contribution in [0.4, 0.5) is 0 Å². The lowest BCUT2D eigenvalue weighted by Gasteiger charge is -2.31. The molecule has 100 valence electrons. The average Bonchev–Trinajstić information content (AvgIpc) is 2.36. The van der Waals surface area contributed by atoms with E-state index in [0.29, 0.717) is 24.6 Å². The number of esters is 1. The van der Waals surface area contributed by atoms with E-state index in [4.69, 9.17) is 16.3 Å². The fourth-order valence-corrected chi connectivity index (χ4v) is 2.27. The molecule has 1 N–H and O–H groups in total. The Morgan fingerprint density at radius 1 is 1.39 bits per heavy atom. The van der Waals surface area contributed by atoms with Gasteiger partial charge in [-0.3, -0.25) is 5.32 Å². The van der Waals surface area contributed by atoms with Gasteiger partial charge in [-0.05, 0) is 37.6 Å². The first kappa shape index (κ1) is 15.0. The summed E-state index contributed by atoms with van der Waals surface area (Å²) < 4.78 is 5.20. The van der Waals surface area contributed by atoms with Gasteiger partial charge in [-0.15, -0.1) is 0 Å². The van der Waals surface area contributed by atoms with Crippen LogP contribution in [0.1, 0.15) is 32.8 Å². The molecule has 0 heterocycles. The predicted molar refractivity (Wildman–Crippen MR) is 73.7 cm³/mol. The molecule has 0 amide bonds. The Morgan fingerprint density at radius 3 is 2.61 bits per heavy atom. The fraction of sp³-hybridized carbons (Fsp3) is 0.500. The molecular weight excluding hydrogens is 250 g/mol. The molecule has 3 nitrogen and oxygen atoms in total. The van der Waals surface area contributed by atoms with Gasteiger partial charge < -0.3 is 4.74 Å². The minimum atomic E-state index is -0.810. The molecule has 4 heteroatoms. The van der Waals surface area contributed by atoms with E-state index in [1.807, 2.05) is 39.0 Å². The van der Waals surface area contributed by atoms with Crippen LogP contribution in [0.3, 0.4) is 0 Å². The summed E-state index contributed by atoms with van der Waals surface area (Å²) in [5.74, 6) is -0.253. The zero-order chi connectivity index (χ0) is 13.6. The molecular formula is C14H20ClNO2. The topological polar surface area (TPSA) is 38.3 Å². The largest absolute Gasteiger partial charge is 0.464 e. The quantitative estimate of drug-likeness (QED) is 0.807. The normalized spacial score (nSPS) is 14.0. The van der Waals surface area contributed by atoms with Crippen molar-refractivity contribution in [3.8, 4) is 0 Å². The third kappa shape index (κ3) is 3.03. The highest BCUT2D eigenvalue weighted by molar-refractivity contribution is 6.30. The average molecular weight is 270 g/mol. The third-order valence-corrected chi connectivity index (χ3v) is 3.19. The lowest BCUT2D eigenvalue weighted by atomic mass is 9.87. The van der Waals surface area contributed by atoms with Crippen LogP contribution in [0.2, 0.25) is 5.02 Å². The summed E-state index contributed by atoms with van der Waals surface area (Å²) >= 11 is 6.01. The number of hydrogen-bond acceptors (Lipinski definition) is 3. The summed E-state index contributed by atoms with van der Waals surface area (Å²) in [6, 6.07) is 7.35. The summed E-state index contributed by atoms with van der Waals surface area (Å²) in [6.45, 7) is 6.78. The second kappa shape index (κ2) is 6.76. The highest BCUT2D eigenvalue weighted by Gasteiger charge is 2.39. The lowest BCUT2D eigenvalue weighted by molar-refractivity contribution is -0.152. The molecule has 0 fully saturated rings. The van der Waals surface area contributed by atoms with Crippen LogP contribution >= 0.6 is 11.6 Å². The second-order valence-electron chi connectivity index (χ2n) is 4.02. The van der Waals surface area contributed by atoms with Crippen LogP contribution in [0.5, 0.6) is 0 Å². The Labute approximate surface area is 113 Å². The van der Waals surface area contributed by atoms with E-state index in [2.05, 4.69) is 5.32 Å². The highest BCUT2D eigenvalue weighted by Crippen LogP contribution is 2.28. The van der Waals surface area contributed by atoms with E-state index in [9.17, 15) is 4.79 Å². The Morgan fingerprint density at radius 2 is 2.11 bits per heavy atom. The number of ether oxygens (including phenoxy) is 1. The van der Waals surface area contributed by atoms with Crippen molar-refractivity contribution < 1.29 is 9.53 Å². The molecule has 1 rings (SSSR count). The number of likely N-dealkylation sites (N-methyl/N-ethyl adjacent to an activating group) is 1. The summed E-state index contributed by atoms with van der Waals surface area (Å²) in [6.07, 6.45) is 0.611. The molecule has 0 spiro atoms. The molecule has 18 heavy (non-hydrogen) atoms. The first-order valence-corrected chi connectivity index (χ1v) is 6.66. The molecule has 1 aromatic rings. The molecule has 0 saturated carbocycles. The maximum atomic E-state index is 12.3. The second-order valence-corrected chi connectivity index (χ2v) is 4.46. The number of benzene rings is 1. The molecule has 1 atom stereocenters. The van der Waals surface area contributed by atoms with Gasteiger partial charge in [0.25, 0.3) is 0 Å². The van der Waals surface area contributed by atoms with Crippen molar-refractivity contribution in [3.05, 3.63) is 34.9 Å². The first-order chi connectivity index (χ1) is 8.60. The zero-order valence-corrected chi connectivity index (χ0v) is 11.9. The first-order valence-electron chi connectivity index (χ1n) is 6.29. The molecule has 0 radical (unpaired) electrons. The molecule has 0 aliphatic carbocycles. The molecule has 0 bridgehead atoms. The Balaban J connectivity index is 3.21. The van der Waals surface area contributed by atoms with Crippen molar-refractivity contribution in [2.24, 2.45) is 0 Å². The van der Waals surface area contributed by atoms with E-state index >= 15 is 0 Å². The Bertz CT molecular complexity index is 409. The smallest absolute Gasteiger partial charge is 0.330 e. The van der Waals surface area contributed by atoms with Gasteiger partial charge in [0.2, 0.25) is 0 Å². The molecule has 0 aliphatic rings. The highest BCUT2D eigenvalue weighted by atomic mass is 35.5. The maximum absolute atomic E-state index is 12.3. The Hall–Kier alpha value is -1.06. The standard InChI is InChI=1S/C14H20ClNO2/c1-4-14(16-5-2,13(17)18-6-3)11-8-7-9-12(15)10-11/h7-10,16H,4-6H2,1-3H3. The van der Waals surface area contributed by atoms with E-state index < -0.39 is 5.54 Å². The van der Waals surface area contributed by atoms with Gasteiger partial charge in [0.15, 0.2) is 0 Å². The molecule has 1 unspecified atom stereocenters.